The van der Waals surface area contributed by atoms with Crippen molar-refractivity contribution in [3.63, 3.8) is 0 Å². The summed E-state index contributed by atoms with van der Waals surface area (Å²) in [5, 5.41) is 0. The van der Waals surface area contributed by atoms with Gasteiger partial charge in [0.2, 0.25) is 0 Å². The Kier molecular flexibility index (Phi) is 4.45. The molecule has 1 aliphatic rings. The van der Waals surface area contributed by atoms with E-state index in [2.05, 4.69) is 0 Å². The molecule has 0 aliphatic carbocycles. The zero-order chi connectivity index (χ0) is 12.1. The van der Waals surface area contributed by atoms with Crippen molar-refractivity contribution >= 4 is 11.8 Å². The Hall–Kier alpha value is -1.00. The molecule has 0 amide bonds. The molecule has 1 unspecified atom stereocenters. The van der Waals surface area contributed by atoms with Crippen molar-refractivity contribution in [2.75, 3.05) is 12.4 Å². The van der Waals surface area contributed by atoms with Crippen LogP contribution in [0.4, 0.5) is 4.39 Å². The summed E-state index contributed by atoms with van der Waals surface area (Å²) in [4.78, 5) is 0.638. The average Bonchev–Trinajstić information content (AvgIpc) is 2.38. The van der Waals surface area contributed by atoms with Crippen LogP contribution in [0.2, 0.25) is 0 Å². The van der Waals surface area contributed by atoms with E-state index >= 15 is 0 Å². The van der Waals surface area contributed by atoms with Crippen LogP contribution in [0.1, 0.15) is 12.8 Å². The Bertz CT molecular complexity index is 408. The van der Waals surface area contributed by atoms with Crippen LogP contribution in [0, 0.1) is 5.82 Å². The second kappa shape index (κ2) is 6.07. The van der Waals surface area contributed by atoms with E-state index in [1.54, 1.807) is 12.1 Å². The van der Waals surface area contributed by atoms with Gasteiger partial charge < -0.3 is 10.5 Å². The number of rotatable bonds is 4. The molecular formula is C13H16FNOS. The van der Waals surface area contributed by atoms with Crippen LogP contribution in [-0.4, -0.2) is 18.4 Å². The zero-order valence-corrected chi connectivity index (χ0v) is 10.4. The Morgan fingerprint density at radius 2 is 2.24 bits per heavy atom. The SMILES string of the molecule is NC(CSc1ccccc1F)C1=CCCCO1. The van der Waals surface area contributed by atoms with E-state index in [0.717, 1.165) is 25.2 Å². The molecule has 92 valence electrons. The highest BCUT2D eigenvalue weighted by molar-refractivity contribution is 7.99. The van der Waals surface area contributed by atoms with Crippen LogP contribution in [0.15, 0.2) is 41.0 Å². The summed E-state index contributed by atoms with van der Waals surface area (Å²) in [5.41, 5.74) is 6.01. The highest BCUT2D eigenvalue weighted by atomic mass is 32.2. The van der Waals surface area contributed by atoms with Gasteiger partial charge in [0.05, 0.1) is 12.6 Å². The molecule has 1 aliphatic heterocycles. The topological polar surface area (TPSA) is 35.2 Å². The molecule has 0 bridgehead atoms. The number of ether oxygens (including phenoxy) is 1. The predicted molar refractivity (Wildman–Crippen MR) is 68.4 cm³/mol. The van der Waals surface area contributed by atoms with Gasteiger partial charge in [0.15, 0.2) is 0 Å². The van der Waals surface area contributed by atoms with Gasteiger partial charge in [0.1, 0.15) is 11.6 Å². The molecule has 1 aromatic carbocycles. The van der Waals surface area contributed by atoms with E-state index in [9.17, 15) is 4.39 Å². The monoisotopic (exact) mass is 253 g/mol. The van der Waals surface area contributed by atoms with Gasteiger partial charge in [-0.25, -0.2) is 4.39 Å². The van der Waals surface area contributed by atoms with E-state index in [1.165, 1.54) is 17.8 Å². The third-order valence-corrected chi connectivity index (χ3v) is 3.75. The van der Waals surface area contributed by atoms with E-state index in [0.29, 0.717) is 10.6 Å². The van der Waals surface area contributed by atoms with Gasteiger partial charge in [-0.05, 0) is 31.1 Å². The van der Waals surface area contributed by atoms with Crippen molar-refractivity contribution in [1.82, 2.24) is 0 Å². The fourth-order valence-electron chi connectivity index (χ4n) is 1.66. The molecule has 0 saturated carbocycles. The lowest BCUT2D eigenvalue weighted by molar-refractivity contribution is 0.179. The summed E-state index contributed by atoms with van der Waals surface area (Å²) in [6, 6.07) is 6.59. The minimum Gasteiger partial charge on any atom is -0.497 e. The highest BCUT2D eigenvalue weighted by Gasteiger charge is 2.14. The van der Waals surface area contributed by atoms with Gasteiger partial charge in [0.25, 0.3) is 0 Å². The molecule has 0 aromatic heterocycles. The molecule has 0 saturated heterocycles. The van der Waals surface area contributed by atoms with Crippen molar-refractivity contribution < 1.29 is 9.13 Å². The first-order chi connectivity index (χ1) is 8.27. The lowest BCUT2D eigenvalue weighted by Gasteiger charge is -2.20. The average molecular weight is 253 g/mol. The number of thioether (sulfide) groups is 1. The minimum atomic E-state index is -0.191. The van der Waals surface area contributed by atoms with E-state index in [-0.39, 0.29) is 11.9 Å². The number of benzene rings is 1. The predicted octanol–water partition coefficient (Wildman–Crippen LogP) is 2.94. The first-order valence-corrected chi connectivity index (χ1v) is 6.71. The van der Waals surface area contributed by atoms with Crippen molar-refractivity contribution in [2.24, 2.45) is 5.73 Å². The van der Waals surface area contributed by atoms with E-state index < -0.39 is 0 Å². The number of halogens is 1. The van der Waals surface area contributed by atoms with Crippen molar-refractivity contribution in [3.05, 3.63) is 41.9 Å². The molecule has 0 radical (unpaired) electrons. The van der Waals surface area contributed by atoms with Crippen LogP contribution < -0.4 is 5.73 Å². The fourth-order valence-corrected chi connectivity index (χ4v) is 2.56. The van der Waals surface area contributed by atoms with Gasteiger partial charge >= 0.3 is 0 Å². The number of hydrogen-bond donors (Lipinski definition) is 1. The summed E-state index contributed by atoms with van der Waals surface area (Å²) >= 11 is 1.43. The van der Waals surface area contributed by atoms with Gasteiger partial charge in [0, 0.05) is 10.6 Å². The molecule has 2 rings (SSSR count). The number of nitrogens with two attached hydrogens (primary N) is 1. The third-order valence-electron chi connectivity index (χ3n) is 2.58. The minimum absolute atomic E-state index is 0.153. The van der Waals surface area contributed by atoms with Crippen molar-refractivity contribution in [1.29, 1.82) is 0 Å². The molecular weight excluding hydrogens is 237 g/mol. The normalized spacial score (nSPS) is 17.2. The molecule has 1 aromatic rings. The van der Waals surface area contributed by atoms with Crippen molar-refractivity contribution in [3.8, 4) is 0 Å². The number of hydrogen-bond acceptors (Lipinski definition) is 3. The van der Waals surface area contributed by atoms with Gasteiger partial charge in [-0.2, -0.15) is 0 Å². The lowest BCUT2D eigenvalue weighted by Crippen LogP contribution is -2.28. The fraction of sp³-hybridized carbons (Fsp3) is 0.385. The Labute approximate surface area is 105 Å². The largest absolute Gasteiger partial charge is 0.497 e. The smallest absolute Gasteiger partial charge is 0.136 e. The maximum absolute atomic E-state index is 13.4. The zero-order valence-electron chi connectivity index (χ0n) is 9.56. The molecule has 4 heteroatoms. The standard InChI is InChI=1S/C13H16FNOS/c14-10-5-1-2-7-13(10)17-9-11(15)12-6-3-4-8-16-12/h1-2,5-7,11H,3-4,8-9,15H2. The highest BCUT2D eigenvalue weighted by Crippen LogP contribution is 2.24. The summed E-state index contributed by atoms with van der Waals surface area (Å²) < 4.78 is 18.9. The molecule has 0 fully saturated rings. The van der Waals surface area contributed by atoms with Crippen LogP contribution in [0.5, 0.6) is 0 Å². The molecule has 1 heterocycles. The lowest BCUT2D eigenvalue weighted by atomic mass is 10.2. The van der Waals surface area contributed by atoms with Crippen LogP contribution >= 0.6 is 11.8 Å². The maximum atomic E-state index is 13.4. The first kappa shape index (κ1) is 12.5. The van der Waals surface area contributed by atoms with Crippen LogP contribution in [0.3, 0.4) is 0 Å². The summed E-state index contributed by atoms with van der Waals surface area (Å²) in [6.45, 7) is 0.740. The Balaban J connectivity index is 1.89. The maximum Gasteiger partial charge on any atom is 0.136 e. The molecule has 0 spiro atoms. The Morgan fingerprint density at radius 1 is 1.41 bits per heavy atom. The summed E-state index contributed by atoms with van der Waals surface area (Å²) in [7, 11) is 0. The van der Waals surface area contributed by atoms with Crippen molar-refractivity contribution in [2.45, 2.75) is 23.8 Å². The van der Waals surface area contributed by atoms with Gasteiger partial charge in [-0.15, -0.1) is 11.8 Å². The second-order valence-electron chi connectivity index (χ2n) is 3.95. The molecule has 2 nitrogen and oxygen atoms in total. The Morgan fingerprint density at radius 3 is 2.94 bits per heavy atom. The molecule has 2 N–H and O–H groups in total. The third kappa shape index (κ3) is 3.48. The molecule has 17 heavy (non-hydrogen) atoms. The van der Waals surface area contributed by atoms with Gasteiger partial charge in [-0.3, -0.25) is 0 Å². The second-order valence-corrected chi connectivity index (χ2v) is 5.01. The quantitative estimate of drug-likeness (QED) is 0.838. The number of allylic oxidation sites excluding steroid dienone is 1. The summed E-state index contributed by atoms with van der Waals surface area (Å²) in [5.74, 6) is 1.29. The van der Waals surface area contributed by atoms with E-state index in [4.69, 9.17) is 10.5 Å². The van der Waals surface area contributed by atoms with E-state index in [1.807, 2.05) is 12.1 Å². The van der Waals surface area contributed by atoms with Crippen LogP contribution in [0.25, 0.3) is 0 Å². The van der Waals surface area contributed by atoms with Crippen LogP contribution in [-0.2, 0) is 4.74 Å². The summed E-state index contributed by atoms with van der Waals surface area (Å²) in [6.07, 6.45) is 4.11. The molecule has 1 atom stereocenters. The first-order valence-electron chi connectivity index (χ1n) is 5.73. The van der Waals surface area contributed by atoms with Gasteiger partial charge in [-0.1, -0.05) is 12.1 Å².